The molecule has 23 heavy (non-hydrogen) atoms. The first-order valence-electron chi connectivity index (χ1n) is 7.15. The first-order chi connectivity index (χ1) is 11.1. The molecule has 0 saturated heterocycles. The number of aliphatic carboxylic acids is 1. The molecule has 6 heteroatoms. The highest BCUT2D eigenvalue weighted by molar-refractivity contribution is 7.08. The molecule has 3 rings (SSSR count). The van der Waals surface area contributed by atoms with Gasteiger partial charge in [0, 0.05) is 11.1 Å². The minimum atomic E-state index is -1.08. The molecule has 0 atom stereocenters. The number of amides is 1. The highest BCUT2D eigenvalue weighted by Gasteiger charge is 2.25. The number of anilines is 1. The summed E-state index contributed by atoms with van der Waals surface area (Å²) >= 11 is 1.52. The highest BCUT2D eigenvalue weighted by Crippen LogP contribution is 2.29. The van der Waals surface area contributed by atoms with Gasteiger partial charge in [-0.15, -0.1) is 0 Å². The molecule has 0 unspecified atom stereocenters. The number of halogens is 1. The zero-order chi connectivity index (χ0) is 16.4. The molecule has 0 spiro atoms. The lowest BCUT2D eigenvalue weighted by molar-refractivity contribution is -0.133. The van der Waals surface area contributed by atoms with Crippen molar-refractivity contribution in [2.45, 2.75) is 19.3 Å². The van der Waals surface area contributed by atoms with Crippen molar-refractivity contribution in [3.63, 3.8) is 0 Å². The summed E-state index contributed by atoms with van der Waals surface area (Å²) in [6.07, 6.45) is 1.41. The van der Waals surface area contributed by atoms with Crippen LogP contribution >= 0.6 is 11.3 Å². The van der Waals surface area contributed by atoms with Crippen molar-refractivity contribution in [2.75, 3.05) is 5.32 Å². The summed E-state index contributed by atoms with van der Waals surface area (Å²) in [4.78, 5) is 23.3. The second-order valence-electron chi connectivity index (χ2n) is 5.28. The zero-order valence-electron chi connectivity index (χ0n) is 12.1. The Morgan fingerprint density at radius 1 is 1.13 bits per heavy atom. The largest absolute Gasteiger partial charge is 0.478 e. The van der Waals surface area contributed by atoms with Crippen molar-refractivity contribution in [3.8, 4) is 11.1 Å². The van der Waals surface area contributed by atoms with Crippen molar-refractivity contribution in [1.29, 1.82) is 0 Å². The van der Waals surface area contributed by atoms with E-state index in [0.717, 1.165) is 11.1 Å². The van der Waals surface area contributed by atoms with E-state index in [1.54, 1.807) is 6.07 Å². The van der Waals surface area contributed by atoms with E-state index in [-0.39, 0.29) is 16.8 Å². The summed E-state index contributed by atoms with van der Waals surface area (Å²) in [5.74, 6) is -2.17. The van der Waals surface area contributed by atoms with Crippen LogP contribution in [0.5, 0.6) is 0 Å². The average molecular weight is 331 g/mol. The SMILES string of the molecule is O=C(O)C1=C(C(=O)Nc2ccc(-c3ccsc3)cc2F)CCC1. The molecule has 2 N–H and O–H groups in total. The number of carbonyl (C=O) groups excluding carboxylic acids is 1. The van der Waals surface area contributed by atoms with Crippen LogP contribution in [-0.2, 0) is 9.59 Å². The second kappa shape index (κ2) is 6.34. The van der Waals surface area contributed by atoms with Crippen LogP contribution in [0.2, 0.25) is 0 Å². The van der Waals surface area contributed by atoms with Gasteiger partial charge in [0.15, 0.2) is 0 Å². The molecule has 0 bridgehead atoms. The van der Waals surface area contributed by atoms with Crippen LogP contribution in [0.1, 0.15) is 19.3 Å². The summed E-state index contributed by atoms with van der Waals surface area (Å²) < 4.78 is 14.2. The molecule has 0 saturated carbocycles. The molecule has 0 aliphatic heterocycles. The number of nitrogens with one attached hydrogen (secondary N) is 1. The van der Waals surface area contributed by atoms with Gasteiger partial charge in [-0.3, -0.25) is 4.79 Å². The third-order valence-electron chi connectivity index (χ3n) is 3.82. The van der Waals surface area contributed by atoms with Gasteiger partial charge in [-0.05, 0) is 59.3 Å². The van der Waals surface area contributed by atoms with E-state index in [2.05, 4.69) is 5.32 Å². The van der Waals surface area contributed by atoms with E-state index in [1.807, 2.05) is 16.8 Å². The van der Waals surface area contributed by atoms with Crippen LogP contribution in [0.3, 0.4) is 0 Å². The molecule has 4 nitrogen and oxygen atoms in total. The normalized spacial score (nSPS) is 14.1. The third-order valence-corrected chi connectivity index (χ3v) is 4.51. The lowest BCUT2D eigenvalue weighted by Crippen LogP contribution is -2.17. The highest BCUT2D eigenvalue weighted by atomic mass is 32.1. The van der Waals surface area contributed by atoms with Crippen molar-refractivity contribution in [2.24, 2.45) is 0 Å². The smallest absolute Gasteiger partial charge is 0.332 e. The quantitative estimate of drug-likeness (QED) is 0.888. The maximum atomic E-state index is 14.2. The summed E-state index contributed by atoms with van der Waals surface area (Å²) in [6, 6.07) is 6.47. The molecule has 1 aromatic carbocycles. The fraction of sp³-hybridized carbons (Fsp3) is 0.176. The molecule has 2 aromatic rings. The van der Waals surface area contributed by atoms with Gasteiger partial charge in [-0.2, -0.15) is 11.3 Å². The first-order valence-corrected chi connectivity index (χ1v) is 8.09. The Bertz CT molecular complexity index is 796. The predicted molar refractivity (Wildman–Crippen MR) is 86.9 cm³/mol. The number of carboxylic acids is 1. The molecule has 118 valence electrons. The Hall–Kier alpha value is -2.47. The summed E-state index contributed by atoms with van der Waals surface area (Å²) in [5, 5.41) is 15.4. The molecule has 0 fully saturated rings. The lowest BCUT2D eigenvalue weighted by Gasteiger charge is -2.09. The molecule has 1 heterocycles. The fourth-order valence-electron chi connectivity index (χ4n) is 2.65. The number of hydrogen-bond donors (Lipinski definition) is 2. The molecule has 1 aliphatic rings. The Balaban J connectivity index is 1.82. The summed E-state index contributed by atoms with van der Waals surface area (Å²) in [5.41, 5.74) is 2.06. The van der Waals surface area contributed by atoms with Gasteiger partial charge in [-0.1, -0.05) is 6.07 Å². The zero-order valence-corrected chi connectivity index (χ0v) is 13.0. The van der Waals surface area contributed by atoms with E-state index in [1.165, 1.54) is 23.5 Å². The van der Waals surface area contributed by atoms with Crippen LogP contribution in [0, 0.1) is 5.82 Å². The van der Waals surface area contributed by atoms with Gasteiger partial charge in [0.2, 0.25) is 0 Å². The summed E-state index contributed by atoms with van der Waals surface area (Å²) in [6.45, 7) is 0. The number of rotatable bonds is 4. The Morgan fingerprint density at radius 2 is 1.91 bits per heavy atom. The van der Waals surface area contributed by atoms with Crippen molar-refractivity contribution >= 4 is 28.9 Å². The maximum absolute atomic E-state index is 14.2. The van der Waals surface area contributed by atoms with E-state index in [4.69, 9.17) is 5.11 Å². The number of carbonyl (C=O) groups is 2. The van der Waals surface area contributed by atoms with Gasteiger partial charge in [0.05, 0.1) is 5.69 Å². The van der Waals surface area contributed by atoms with Crippen LogP contribution in [0.25, 0.3) is 11.1 Å². The van der Waals surface area contributed by atoms with Gasteiger partial charge in [0.25, 0.3) is 5.91 Å². The van der Waals surface area contributed by atoms with Crippen LogP contribution in [-0.4, -0.2) is 17.0 Å². The van der Waals surface area contributed by atoms with Crippen LogP contribution in [0.4, 0.5) is 10.1 Å². The van der Waals surface area contributed by atoms with Gasteiger partial charge in [0.1, 0.15) is 5.82 Å². The van der Waals surface area contributed by atoms with E-state index in [9.17, 15) is 14.0 Å². The minimum Gasteiger partial charge on any atom is -0.478 e. The second-order valence-corrected chi connectivity index (χ2v) is 6.06. The van der Waals surface area contributed by atoms with E-state index < -0.39 is 17.7 Å². The number of thiophene rings is 1. The molecular weight excluding hydrogens is 317 g/mol. The molecular formula is C17H14FNO3S. The number of benzene rings is 1. The molecule has 1 aromatic heterocycles. The first kappa shape index (κ1) is 15.4. The summed E-state index contributed by atoms with van der Waals surface area (Å²) in [7, 11) is 0. The van der Waals surface area contributed by atoms with Crippen molar-refractivity contribution < 1.29 is 19.1 Å². The standard InChI is InChI=1S/C17H14FNO3S/c18-14-8-10(11-6-7-23-9-11)4-5-15(14)19-16(20)12-2-1-3-13(12)17(21)22/h4-9H,1-3H2,(H,19,20)(H,21,22). The molecule has 0 radical (unpaired) electrons. The Morgan fingerprint density at radius 3 is 2.57 bits per heavy atom. The van der Waals surface area contributed by atoms with Gasteiger partial charge < -0.3 is 10.4 Å². The Kier molecular flexibility index (Phi) is 4.25. The van der Waals surface area contributed by atoms with E-state index in [0.29, 0.717) is 19.3 Å². The van der Waals surface area contributed by atoms with Crippen molar-refractivity contribution in [1.82, 2.24) is 0 Å². The topological polar surface area (TPSA) is 66.4 Å². The number of carboxylic acid groups (broad SMARTS) is 1. The third kappa shape index (κ3) is 3.17. The minimum absolute atomic E-state index is 0.0538. The van der Waals surface area contributed by atoms with Crippen LogP contribution < -0.4 is 5.32 Å². The Labute approximate surface area is 136 Å². The maximum Gasteiger partial charge on any atom is 0.332 e. The van der Waals surface area contributed by atoms with Crippen LogP contribution in [0.15, 0.2) is 46.2 Å². The van der Waals surface area contributed by atoms with Gasteiger partial charge >= 0.3 is 5.97 Å². The lowest BCUT2D eigenvalue weighted by atomic mass is 10.1. The van der Waals surface area contributed by atoms with Gasteiger partial charge in [-0.25, -0.2) is 9.18 Å². The van der Waals surface area contributed by atoms with Crippen molar-refractivity contribution in [3.05, 3.63) is 52.0 Å². The monoisotopic (exact) mass is 331 g/mol. The fourth-order valence-corrected chi connectivity index (χ4v) is 3.32. The molecule has 1 amide bonds. The number of hydrogen-bond acceptors (Lipinski definition) is 3. The molecule has 1 aliphatic carbocycles. The van der Waals surface area contributed by atoms with E-state index >= 15 is 0 Å². The average Bonchev–Trinajstić information content (AvgIpc) is 3.20. The predicted octanol–water partition coefficient (Wildman–Crippen LogP) is 4.06.